The first-order chi connectivity index (χ1) is 31.3. The third kappa shape index (κ3) is 17.0. The molecule has 0 aliphatic carbocycles. The van der Waals surface area contributed by atoms with E-state index in [9.17, 15) is 24.3 Å². The standard InChI is InChI=1S/C51H65N3O11/c1-35(2)44(54-48(57)40(53-50(59)65-51(3,4)5)29-43(56)60-31-36-19-10-6-11-20-36)49(58)52-28-18-27-41-45(61-32-37-21-12-7-13-22-37)47(63-34-39-25-16-9-17-26-39)46(42(30-55)64-41)62-33-38-23-14-8-15-24-38/h6-17,19-26,35,40-42,44-47,55H,18,27-34H2,1-5H3,(H,52,58)(H,53,59)(H,54,57). The van der Waals surface area contributed by atoms with E-state index < -0.39 is 78.5 Å². The van der Waals surface area contributed by atoms with Gasteiger partial charge in [-0.1, -0.05) is 135 Å². The van der Waals surface area contributed by atoms with Crippen LogP contribution in [-0.2, 0) is 69.2 Å². The summed E-state index contributed by atoms with van der Waals surface area (Å²) in [6, 6.07) is 36.0. The van der Waals surface area contributed by atoms with E-state index in [1.54, 1.807) is 46.8 Å². The molecule has 4 aromatic carbocycles. The van der Waals surface area contributed by atoms with E-state index in [4.69, 9.17) is 28.4 Å². The van der Waals surface area contributed by atoms with Crippen molar-refractivity contribution in [3.8, 4) is 0 Å². The van der Waals surface area contributed by atoms with Crippen LogP contribution in [0.5, 0.6) is 0 Å². The minimum absolute atomic E-state index is 0.0199. The molecule has 0 bridgehead atoms. The molecule has 1 fully saturated rings. The number of hydrogen-bond acceptors (Lipinski definition) is 11. The molecule has 1 heterocycles. The van der Waals surface area contributed by atoms with E-state index in [0.717, 1.165) is 22.3 Å². The van der Waals surface area contributed by atoms with Crippen LogP contribution in [0.4, 0.5) is 4.79 Å². The molecule has 3 amide bonds. The van der Waals surface area contributed by atoms with Crippen molar-refractivity contribution in [2.45, 2.75) is 129 Å². The first kappa shape index (κ1) is 50.4. The van der Waals surface area contributed by atoms with Gasteiger partial charge in [0.2, 0.25) is 11.8 Å². The van der Waals surface area contributed by atoms with E-state index >= 15 is 0 Å². The van der Waals surface area contributed by atoms with Crippen LogP contribution in [0.15, 0.2) is 121 Å². The summed E-state index contributed by atoms with van der Waals surface area (Å²) in [5.41, 5.74) is 2.76. The summed E-state index contributed by atoms with van der Waals surface area (Å²) in [6.45, 7) is 9.26. The lowest BCUT2D eigenvalue weighted by Crippen LogP contribution is -2.61. The highest BCUT2D eigenvalue weighted by Gasteiger charge is 2.48. The molecule has 4 N–H and O–H groups in total. The van der Waals surface area contributed by atoms with Gasteiger partial charge in [-0.25, -0.2) is 4.79 Å². The summed E-state index contributed by atoms with van der Waals surface area (Å²) < 4.78 is 37.2. The monoisotopic (exact) mass is 895 g/mol. The van der Waals surface area contributed by atoms with Crippen molar-refractivity contribution in [2.24, 2.45) is 5.92 Å². The van der Waals surface area contributed by atoms with Crippen LogP contribution in [0.25, 0.3) is 0 Å². The lowest BCUT2D eigenvalue weighted by molar-refractivity contribution is -0.271. The maximum Gasteiger partial charge on any atom is 0.408 e. The molecule has 65 heavy (non-hydrogen) atoms. The minimum atomic E-state index is -1.39. The third-order valence-corrected chi connectivity index (χ3v) is 10.6. The van der Waals surface area contributed by atoms with Crippen molar-refractivity contribution < 1.29 is 52.7 Å². The lowest BCUT2D eigenvalue weighted by Gasteiger charge is -2.46. The summed E-state index contributed by atoms with van der Waals surface area (Å²) in [6.07, 6.45) is -3.81. The lowest BCUT2D eigenvalue weighted by atomic mass is 9.91. The summed E-state index contributed by atoms with van der Waals surface area (Å²) in [7, 11) is 0. The predicted octanol–water partition coefficient (Wildman–Crippen LogP) is 6.57. The zero-order chi connectivity index (χ0) is 46.6. The maximum absolute atomic E-state index is 13.8. The zero-order valence-corrected chi connectivity index (χ0v) is 38.1. The van der Waals surface area contributed by atoms with Crippen LogP contribution in [0.3, 0.4) is 0 Å². The zero-order valence-electron chi connectivity index (χ0n) is 38.1. The van der Waals surface area contributed by atoms with Crippen LogP contribution in [0.1, 0.15) is 76.1 Å². The molecule has 4 aromatic rings. The Labute approximate surface area is 382 Å². The van der Waals surface area contributed by atoms with E-state index in [1.807, 2.05) is 109 Å². The number of aliphatic hydroxyl groups is 1. The quantitative estimate of drug-likeness (QED) is 0.0468. The maximum atomic E-state index is 13.8. The van der Waals surface area contributed by atoms with Gasteiger partial charge in [0.05, 0.1) is 39.0 Å². The predicted molar refractivity (Wildman–Crippen MR) is 244 cm³/mol. The number of benzene rings is 4. The normalized spacial score (nSPS) is 19.4. The van der Waals surface area contributed by atoms with Gasteiger partial charge in [-0.05, 0) is 61.8 Å². The number of carbonyl (C=O) groups is 4. The molecule has 0 spiro atoms. The van der Waals surface area contributed by atoms with Gasteiger partial charge in [-0.3, -0.25) is 14.4 Å². The van der Waals surface area contributed by atoms with Gasteiger partial charge in [0.25, 0.3) is 0 Å². The van der Waals surface area contributed by atoms with Crippen LogP contribution >= 0.6 is 0 Å². The number of ether oxygens (including phenoxy) is 6. The first-order valence-electron chi connectivity index (χ1n) is 22.3. The van der Waals surface area contributed by atoms with Crippen molar-refractivity contribution in [3.63, 3.8) is 0 Å². The van der Waals surface area contributed by atoms with Crippen LogP contribution in [0.2, 0.25) is 0 Å². The SMILES string of the molecule is CC(C)C(NC(=O)C(CC(=O)OCc1ccccc1)NC(=O)OC(C)(C)C)C(=O)NCCCC1OC(CO)C(OCc2ccccc2)C(OCc2ccccc2)C1OCc1ccccc1. The fraction of sp³-hybridized carbons (Fsp3) is 0.451. The molecule has 7 unspecified atom stereocenters. The second-order valence-corrected chi connectivity index (χ2v) is 17.4. The molecule has 350 valence electrons. The van der Waals surface area contributed by atoms with E-state index in [-0.39, 0.29) is 45.5 Å². The Morgan fingerprint density at radius 1 is 0.631 bits per heavy atom. The van der Waals surface area contributed by atoms with Gasteiger partial charge >= 0.3 is 12.1 Å². The molecular formula is C51H65N3O11. The van der Waals surface area contributed by atoms with Crippen molar-refractivity contribution in [3.05, 3.63) is 144 Å². The van der Waals surface area contributed by atoms with Gasteiger partial charge in [-0.2, -0.15) is 0 Å². The molecule has 0 radical (unpaired) electrons. The largest absolute Gasteiger partial charge is 0.461 e. The number of alkyl carbamates (subject to hydrolysis) is 1. The van der Waals surface area contributed by atoms with Gasteiger partial charge in [-0.15, -0.1) is 0 Å². The van der Waals surface area contributed by atoms with Crippen molar-refractivity contribution in [1.82, 2.24) is 16.0 Å². The topological polar surface area (TPSA) is 180 Å². The fourth-order valence-corrected chi connectivity index (χ4v) is 7.30. The smallest absolute Gasteiger partial charge is 0.408 e. The summed E-state index contributed by atoms with van der Waals surface area (Å²) in [4.78, 5) is 53.3. The van der Waals surface area contributed by atoms with E-state index in [1.165, 1.54) is 0 Å². The Morgan fingerprint density at radius 2 is 1.09 bits per heavy atom. The average Bonchev–Trinajstić information content (AvgIpc) is 3.29. The van der Waals surface area contributed by atoms with Gasteiger partial charge in [0, 0.05) is 6.54 Å². The Kier molecular flexibility index (Phi) is 19.9. The van der Waals surface area contributed by atoms with Crippen LogP contribution in [-0.4, -0.2) is 90.3 Å². The summed E-state index contributed by atoms with van der Waals surface area (Å²) in [5.74, 6) is -2.30. The Balaban J connectivity index is 1.26. The number of hydrogen-bond donors (Lipinski definition) is 4. The molecular weight excluding hydrogens is 831 g/mol. The van der Waals surface area contributed by atoms with Crippen LogP contribution < -0.4 is 16.0 Å². The van der Waals surface area contributed by atoms with Crippen molar-refractivity contribution in [2.75, 3.05) is 13.2 Å². The highest BCUT2D eigenvalue weighted by atomic mass is 16.6. The minimum Gasteiger partial charge on any atom is -0.461 e. The van der Waals surface area contributed by atoms with Crippen molar-refractivity contribution >= 4 is 23.9 Å². The average molecular weight is 896 g/mol. The Morgan fingerprint density at radius 3 is 1.55 bits per heavy atom. The molecule has 1 aliphatic rings. The number of esters is 1. The summed E-state index contributed by atoms with van der Waals surface area (Å²) in [5, 5.41) is 18.9. The molecule has 0 aromatic heterocycles. The summed E-state index contributed by atoms with van der Waals surface area (Å²) >= 11 is 0. The number of amides is 3. The van der Waals surface area contributed by atoms with Gasteiger partial charge < -0.3 is 49.5 Å². The molecule has 14 nitrogen and oxygen atoms in total. The number of nitrogens with one attached hydrogen (secondary N) is 3. The van der Waals surface area contributed by atoms with Crippen molar-refractivity contribution in [1.29, 1.82) is 0 Å². The molecule has 1 saturated heterocycles. The number of rotatable bonds is 23. The Hall–Kier alpha value is -5.64. The Bertz CT molecular complexity index is 2030. The fourth-order valence-electron chi connectivity index (χ4n) is 7.30. The van der Waals surface area contributed by atoms with Gasteiger partial charge in [0.1, 0.15) is 48.7 Å². The van der Waals surface area contributed by atoms with Crippen LogP contribution in [0, 0.1) is 5.92 Å². The second-order valence-electron chi connectivity index (χ2n) is 17.4. The highest BCUT2D eigenvalue weighted by Crippen LogP contribution is 2.32. The first-order valence-corrected chi connectivity index (χ1v) is 22.3. The third-order valence-electron chi connectivity index (χ3n) is 10.6. The molecule has 7 atom stereocenters. The van der Waals surface area contributed by atoms with E-state index in [0.29, 0.717) is 12.8 Å². The molecule has 14 heteroatoms. The molecule has 1 aliphatic heterocycles. The van der Waals surface area contributed by atoms with Gasteiger partial charge in [0.15, 0.2) is 0 Å². The number of aliphatic hydroxyl groups excluding tert-OH is 1. The molecule has 0 saturated carbocycles. The molecule has 5 rings (SSSR count). The number of carbonyl (C=O) groups excluding carboxylic acids is 4. The second kappa shape index (κ2) is 25.7. The highest BCUT2D eigenvalue weighted by molar-refractivity contribution is 5.93. The van der Waals surface area contributed by atoms with E-state index in [2.05, 4.69) is 16.0 Å².